The Kier molecular flexibility index (Phi) is 8.12. The highest BCUT2D eigenvalue weighted by molar-refractivity contribution is 7.92. The van der Waals surface area contributed by atoms with Crippen LogP contribution in [-0.2, 0) is 21.4 Å². The minimum absolute atomic E-state index is 0.347. The molecule has 0 atom stereocenters. The molecule has 0 radical (unpaired) electrons. The number of nitrogens with zero attached hydrogens (tertiary/aromatic N) is 1. The zero-order valence-corrected chi connectivity index (χ0v) is 19.2. The molecular formula is C24H31NO5S. The molecule has 2 aromatic carbocycles. The Morgan fingerprint density at radius 1 is 1.00 bits per heavy atom. The predicted octanol–water partition coefficient (Wildman–Crippen LogP) is 4.24. The van der Waals surface area contributed by atoms with Crippen LogP contribution in [0.3, 0.4) is 0 Å². The highest BCUT2D eigenvalue weighted by atomic mass is 32.2. The van der Waals surface area contributed by atoms with Crippen LogP contribution in [0.4, 0.5) is 0 Å². The third kappa shape index (κ3) is 6.82. The molecule has 7 heteroatoms. The fraction of sp³-hybridized carbons (Fsp3) is 0.417. The van der Waals surface area contributed by atoms with Gasteiger partial charge in [0, 0.05) is 31.2 Å². The number of hydrogen-bond donors (Lipinski definition) is 0. The topological polar surface area (TPSA) is 65.1 Å². The Morgan fingerprint density at radius 2 is 1.61 bits per heavy atom. The molecule has 168 valence electrons. The van der Waals surface area contributed by atoms with Crippen molar-refractivity contribution in [3.05, 3.63) is 64.6 Å². The maximum Gasteiger partial charge on any atom is 0.236 e. The predicted molar refractivity (Wildman–Crippen MR) is 123 cm³/mol. The maximum absolute atomic E-state index is 12.6. The van der Waals surface area contributed by atoms with E-state index in [9.17, 15) is 8.42 Å². The summed E-state index contributed by atoms with van der Waals surface area (Å²) in [7, 11) is -0.165. The lowest BCUT2D eigenvalue weighted by atomic mass is 9.99. The molecule has 0 unspecified atom stereocenters. The molecular weight excluding hydrogens is 414 g/mol. The van der Waals surface area contributed by atoms with Crippen LogP contribution in [0.2, 0.25) is 0 Å². The van der Waals surface area contributed by atoms with Crippen LogP contribution in [0.25, 0.3) is 6.08 Å². The molecule has 1 aliphatic rings. The second-order valence-corrected chi connectivity index (χ2v) is 9.66. The fourth-order valence-corrected chi connectivity index (χ4v) is 4.77. The van der Waals surface area contributed by atoms with Gasteiger partial charge in [0.2, 0.25) is 10.0 Å². The number of benzene rings is 2. The van der Waals surface area contributed by atoms with Gasteiger partial charge < -0.3 is 14.2 Å². The fourth-order valence-electron chi connectivity index (χ4n) is 3.55. The molecule has 1 aliphatic heterocycles. The zero-order chi connectivity index (χ0) is 22.3. The zero-order valence-electron chi connectivity index (χ0n) is 18.4. The van der Waals surface area contributed by atoms with Crippen LogP contribution in [0, 0.1) is 12.8 Å². The summed E-state index contributed by atoms with van der Waals surface area (Å²) in [6.45, 7) is 4.10. The molecule has 6 nitrogen and oxygen atoms in total. The summed E-state index contributed by atoms with van der Waals surface area (Å²) < 4.78 is 43.3. The van der Waals surface area contributed by atoms with Gasteiger partial charge in [-0.1, -0.05) is 29.8 Å². The van der Waals surface area contributed by atoms with Crippen LogP contribution in [-0.4, -0.2) is 46.6 Å². The van der Waals surface area contributed by atoms with Gasteiger partial charge >= 0.3 is 0 Å². The standard InChI is InChI=1S/C24H31NO5S/c1-19-4-6-20(7-5-19)10-13-31(26,27)25-11-8-21(9-12-25)17-30-18-22-14-23(28-2)16-24(15-22)29-3/h4-7,10,13-16,21H,8-9,11-12,17-18H2,1-3H3/b13-10+. The first-order chi connectivity index (χ1) is 14.9. The number of rotatable bonds is 9. The van der Waals surface area contributed by atoms with Crippen molar-refractivity contribution in [2.75, 3.05) is 33.9 Å². The van der Waals surface area contributed by atoms with Gasteiger partial charge in [0.05, 0.1) is 20.8 Å². The van der Waals surface area contributed by atoms with Crippen molar-refractivity contribution in [2.24, 2.45) is 5.92 Å². The van der Waals surface area contributed by atoms with Crippen LogP contribution in [0.5, 0.6) is 11.5 Å². The Balaban J connectivity index is 1.46. The summed E-state index contributed by atoms with van der Waals surface area (Å²) in [5, 5.41) is 1.31. The summed E-state index contributed by atoms with van der Waals surface area (Å²) in [5.41, 5.74) is 3.01. The number of methoxy groups -OCH3 is 2. The summed E-state index contributed by atoms with van der Waals surface area (Å²) in [6.07, 6.45) is 3.24. The maximum atomic E-state index is 12.6. The summed E-state index contributed by atoms with van der Waals surface area (Å²) in [6, 6.07) is 13.5. The average Bonchev–Trinajstić information content (AvgIpc) is 2.79. The van der Waals surface area contributed by atoms with Crippen molar-refractivity contribution in [1.82, 2.24) is 4.31 Å². The molecule has 0 N–H and O–H groups in total. The molecule has 1 fully saturated rings. The Morgan fingerprint density at radius 3 is 2.19 bits per heavy atom. The van der Waals surface area contributed by atoms with Gasteiger partial charge in [-0.15, -0.1) is 0 Å². The monoisotopic (exact) mass is 445 g/mol. The van der Waals surface area contributed by atoms with Gasteiger partial charge in [0.25, 0.3) is 0 Å². The average molecular weight is 446 g/mol. The molecule has 1 saturated heterocycles. The van der Waals surface area contributed by atoms with E-state index in [1.54, 1.807) is 24.6 Å². The Labute approximate surface area is 185 Å². The van der Waals surface area contributed by atoms with E-state index in [1.807, 2.05) is 49.4 Å². The third-order valence-corrected chi connectivity index (χ3v) is 7.04. The van der Waals surface area contributed by atoms with Crippen LogP contribution in [0.1, 0.15) is 29.5 Å². The number of ether oxygens (including phenoxy) is 3. The molecule has 0 saturated carbocycles. The molecule has 2 aromatic rings. The van der Waals surface area contributed by atoms with Crippen LogP contribution in [0.15, 0.2) is 47.9 Å². The number of sulfonamides is 1. The minimum Gasteiger partial charge on any atom is -0.497 e. The largest absolute Gasteiger partial charge is 0.497 e. The number of hydrogen-bond acceptors (Lipinski definition) is 5. The van der Waals surface area contributed by atoms with Gasteiger partial charge in [0.15, 0.2) is 0 Å². The lowest BCUT2D eigenvalue weighted by Crippen LogP contribution is -2.38. The van der Waals surface area contributed by atoms with Crippen molar-refractivity contribution in [2.45, 2.75) is 26.4 Å². The Bertz CT molecular complexity index is 955. The van der Waals surface area contributed by atoms with Gasteiger partial charge in [-0.3, -0.25) is 0 Å². The molecule has 3 rings (SSSR count). The lowest BCUT2D eigenvalue weighted by Gasteiger charge is -2.30. The SMILES string of the molecule is COc1cc(COCC2CCN(S(=O)(=O)/C=C/c3ccc(C)cc3)CC2)cc(OC)c1. The van der Waals surface area contributed by atoms with Gasteiger partial charge in [-0.05, 0) is 55.0 Å². The summed E-state index contributed by atoms with van der Waals surface area (Å²) in [4.78, 5) is 0. The first kappa shape index (κ1) is 23.3. The second kappa shape index (κ2) is 10.8. The van der Waals surface area contributed by atoms with Crippen molar-refractivity contribution >= 4 is 16.1 Å². The lowest BCUT2D eigenvalue weighted by molar-refractivity contribution is 0.0687. The van der Waals surface area contributed by atoms with Gasteiger partial charge in [-0.2, -0.15) is 4.31 Å². The summed E-state index contributed by atoms with van der Waals surface area (Å²) in [5.74, 6) is 1.81. The molecule has 0 bridgehead atoms. The smallest absolute Gasteiger partial charge is 0.236 e. The van der Waals surface area contributed by atoms with Crippen molar-refractivity contribution in [3.63, 3.8) is 0 Å². The number of aryl methyl sites for hydroxylation is 1. The van der Waals surface area contributed by atoms with E-state index < -0.39 is 10.0 Å². The molecule has 0 spiro atoms. The number of piperidine rings is 1. The van der Waals surface area contributed by atoms with Crippen molar-refractivity contribution < 1.29 is 22.6 Å². The summed E-state index contributed by atoms with van der Waals surface area (Å²) >= 11 is 0. The minimum atomic E-state index is -3.41. The Hall–Kier alpha value is -2.35. The molecule has 31 heavy (non-hydrogen) atoms. The molecule has 1 heterocycles. The van der Waals surface area contributed by atoms with E-state index in [0.717, 1.165) is 41.0 Å². The van der Waals surface area contributed by atoms with E-state index in [4.69, 9.17) is 14.2 Å². The van der Waals surface area contributed by atoms with Gasteiger partial charge in [-0.25, -0.2) is 8.42 Å². The highest BCUT2D eigenvalue weighted by Gasteiger charge is 2.26. The first-order valence-corrected chi connectivity index (χ1v) is 11.9. The molecule has 0 aliphatic carbocycles. The highest BCUT2D eigenvalue weighted by Crippen LogP contribution is 2.24. The first-order valence-electron chi connectivity index (χ1n) is 10.4. The molecule has 0 aromatic heterocycles. The van der Waals surface area contributed by atoms with E-state index in [0.29, 0.717) is 32.2 Å². The van der Waals surface area contributed by atoms with Crippen molar-refractivity contribution in [3.8, 4) is 11.5 Å². The van der Waals surface area contributed by atoms with Crippen molar-refractivity contribution in [1.29, 1.82) is 0 Å². The normalized spacial score (nSPS) is 16.0. The third-order valence-electron chi connectivity index (χ3n) is 5.48. The van der Waals surface area contributed by atoms with Crippen LogP contribution >= 0.6 is 0 Å². The van der Waals surface area contributed by atoms with Crippen LogP contribution < -0.4 is 9.47 Å². The molecule has 0 amide bonds. The quantitative estimate of drug-likeness (QED) is 0.578. The van der Waals surface area contributed by atoms with E-state index in [2.05, 4.69) is 0 Å². The van der Waals surface area contributed by atoms with E-state index >= 15 is 0 Å². The van der Waals surface area contributed by atoms with Gasteiger partial charge in [0.1, 0.15) is 11.5 Å². The van der Waals surface area contributed by atoms with E-state index in [1.165, 1.54) is 5.41 Å². The second-order valence-electron chi connectivity index (χ2n) is 7.84. The van der Waals surface area contributed by atoms with E-state index in [-0.39, 0.29) is 0 Å².